The van der Waals surface area contributed by atoms with Crippen LogP contribution in [0.1, 0.15) is 15.9 Å². The van der Waals surface area contributed by atoms with Gasteiger partial charge in [0.05, 0.1) is 0 Å². The highest BCUT2D eigenvalue weighted by Crippen LogP contribution is 2.39. The van der Waals surface area contributed by atoms with E-state index in [9.17, 15) is 0 Å². The van der Waals surface area contributed by atoms with Gasteiger partial charge < -0.3 is 0 Å². The van der Waals surface area contributed by atoms with Crippen molar-refractivity contribution in [2.45, 2.75) is 0 Å². The molecule has 0 saturated carbocycles. The lowest BCUT2D eigenvalue weighted by molar-refractivity contribution is 0.103. The Morgan fingerprint density at radius 1 is 0.259 bits per heavy atom. The van der Waals surface area contributed by atoms with Crippen LogP contribution in [0, 0.1) is 0 Å². The zero-order chi connectivity index (χ0) is 36.0. The van der Waals surface area contributed by atoms with Crippen LogP contribution in [0.5, 0.6) is 0 Å². The Balaban J connectivity index is 1.22. The largest absolute Gasteiger partial charge is 0.289 e. The van der Waals surface area contributed by atoms with E-state index in [-0.39, 0.29) is 5.78 Å². The predicted octanol–water partition coefficient (Wildman–Crippen LogP) is 14.2. The van der Waals surface area contributed by atoms with Crippen LogP contribution in [-0.4, -0.2) is 5.78 Å². The summed E-state index contributed by atoms with van der Waals surface area (Å²) in [6.45, 7) is 0. The Bertz CT molecular complexity index is 2650. The van der Waals surface area contributed by atoms with E-state index in [1.807, 2.05) is 0 Å². The summed E-state index contributed by atoms with van der Waals surface area (Å²) in [4.78, 5) is 15.2. The number of rotatable bonds is 6. The first-order valence-electron chi connectivity index (χ1n) is 18.5. The Morgan fingerprint density at radius 3 is 0.778 bits per heavy atom. The highest BCUT2D eigenvalue weighted by molar-refractivity contribution is 6.13. The summed E-state index contributed by atoms with van der Waals surface area (Å²) in [5.41, 5.74) is 9.77. The topological polar surface area (TPSA) is 17.1 Å². The fourth-order valence-electron chi connectivity index (χ4n) is 8.21. The Labute approximate surface area is 314 Å². The average Bonchev–Trinajstić information content (AvgIpc) is 3.25. The third-order valence-corrected chi connectivity index (χ3v) is 10.8. The van der Waals surface area contributed by atoms with Crippen molar-refractivity contribution in [2.24, 2.45) is 0 Å². The number of carbonyl (C=O) groups excluding carboxylic acids is 1. The van der Waals surface area contributed by atoms with Crippen LogP contribution in [0.25, 0.3) is 87.6 Å². The molecule has 1 nitrogen and oxygen atoms in total. The molecule has 54 heavy (non-hydrogen) atoms. The van der Waals surface area contributed by atoms with Crippen LogP contribution >= 0.6 is 0 Å². The molecule has 0 spiro atoms. The van der Waals surface area contributed by atoms with Crippen LogP contribution in [0.4, 0.5) is 0 Å². The predicted molar refractivity (Wildman–Crippen MR) is 228 cm³/mol. The molecule has 10 aromatic rings. The van der Waals surface area contributed by atoms with Gasteiger partial charge in [-0.3, -0.25) is 4.79 Å². The molecule has 0 atom stereocenters. The molecular weight excluding hydrogens is 653 g/mol. The summed E-state index contributed by atoms with van der Waals surface area (Å²) < 4.78 is 0. The van der Waals surface area contributed by atoms with Gasteiger partial charge >= 0.3 is 0 Å². The second-order valence-corrected chi connectivity index (χ2v) is 14.0. The molecule has 0 radical (unpaired) electrons. The number of fused-ring (bicyclic) bond motifs is 4. The van der Waals surface area contributed by atoms with Gasteiger partial charge in [0.2, 0.25) is 0 Å². The van der Waals surface area contributed by atoms with Crippen LogP contribution < -0.4 is 0 Å². The van der Waals surface area contributed by atoms with Crippen molar-refractivity contribution < 1.29 is 4.79 Å². The lowest BCUT2D eigenvalue weighted by Gasteiger charge is -2.16. The molecule has 10 aromatic carbocycles. The van der Waals surface area contributed by atoms with Crippen molar-refractivity contribution in [3.05, 3.63) is 217 Å². The minimum Gasteiger partial charge on any atom is -0.289 e. The standard InChI is InChI=1S/C53H34O/c54-53(43-31-39(49-25-9-17-35-13-1-5-21-45(35)49)29-40(32-43)50-26-10-18-36-14-2-6-22-46(36)50)44-33-41(51-27-11-19-37-15-3-7-23-47(37)51)30-42(34-44)52-28-12-20-38-16-4-8-24-48(38)52/h1-34H. The third-order valence-electron chi connectivity index (χ3n) is 10.8. The van der Waals surface area contributed by atoms with E-state index in [0.717, 1.165) is 66.1 Å². The molecule has 0 fully saturated rings. The first-order chi connectivity index (χ1) is 26.7. The minimum atomic E-state index is -0.0119. The zero-order valence-corrected chi connectivity index (χ0v) is 29.5. The number of carbonyl (C=O) groups is 1. The smallest absolute Gasteiger partial charge is 0.193 e. The first kappa shape index (κ1) is 31.6. The maximum atomic E-state index is 15.2. The van der Waals surface area contributed by atoms with E-state index in [1.54, 1.807) is 0 Å². The lowest BCUT2D eigenvalue weighted by Crippen LogP contribution is -2.04. The van der Waals surface area contributed by atoms with Gasteiger partial charge in [0.25, 0.3) is 0 Å². The fourth-order valence-corrected chi connectivity index (χ4v) is 8.21. The molecule has 0 bridgehead atoms. The number of ketones is 1. The molecule has 0 amide bonds. The first-order valence-corrected chi connectivity index (χ1v) is 18.5. The van der Waals surface area contributed by atoms with E-state index in [4.69, 9.17) is 0 Å². The normalized spacial score (nSPS) is 11.4. The molecule has 0 aliphatic carbocycles. The van der Waals surface area contributed by atoms with Crippen LogP contribution in [0.3, 0.4) is 0 Å². The van der Waals surface area contributed by atoms with Crippen LogP contribution in [0.2, 0.25) is 0 Å². The van der Waals surface area contributed by atoms with E-state index >= 15 is 4.79 Å². The zero-order valence-electron chi connectivity index (χ0n) is 29.5. The van der Waals surface area contributed by atoms with Crippen molar-refractivity contribution in [1.29, 1.82) is 0 Å². The Morgan fingerprint density at radius 2 is 0.500 bits per heavy atom. The lowest BCUT2D eigenvalue weighted by atomic mass is 9.87. The van der Waals surface area contributed by atoms with Crippen molar-refractivity contribution >= 4 is 48.9 Å². The van der Waals surface area contributed by atoms with Crippen molar-refractivity contribution in [3.63, 3.8) is 0 Å². The summed E-state index contributed by atoms with van der Waals surface area (Å²) in [7, 11) is 0. The minimum absolute atomic E-state index is 0.0119. The van der Waals surface area contributed by atoms with Gasteiger partial charge in [0, 0.05) is 11.1 Å². The molecule has 0 aromatic heterocycles. The summed E-state index contributed by atoms with van der Waals surface area (Å²) in [5.74, 6) is -0.0119. The molecule has 0 N–H and O–H groups in total. The molecule has 1 heteroatoms. The Kier molecular flexibility index (Phi) is 7.70. The van der Waals surface area contributed by atoms with E-state index in [0.29, 0.717) is 11.1 Å². The SMILES string of the molecule is O=C(c1cc(-c2cccc3ccccc23)cc(-c2cccc3ccccc23)c1)c1cc(-c2cccc3ccccc23)cc(-c2cccc3ccccc23)c1. The van der Waals surface area contributed by atoms with Gasteiger partial charge in [-0.2, -0.15) is 0 Å². The highest BCUT2D eigenvalue weighted by atomic mass is 16.1. The van der Waals surface area contributed by atoms with E-state index in [2.05, 4.69) is 206 Å². The second-order valence-electron chi connectivity index (χ2n) is 14.0. The second kappa shape index (κ2) is 13.2. The number of hydrogen-bond acceptors (Lipinski definition) is 1. The van der Waals surface area contributed by atoms with Crippen LogP contribution in [-0.2, 0) is 0 Å². The van der Waals surface area contributed by atoms with Gasteiger partial charge in [-0.05, 0) is 124 Å². The molecule has 0 heterocycles. The van der Waals surface area contributed by atoms with Gasteiger partial charge in [0.15, 0.2) is 5.78 Å². The molecule has 0 unspecified atom stereocenters. The fraction of sp³-hybridized carbons (Fsp3) is 0. The Hall–Kier alpha value is -7.09. The van der Waals surface area contributed by atoms with Gasteiger partial charge in [-0.15, -0.1) is 0 Å². The van der Waals surface area contributed by atoms with E-state index < -0.39 is 0 Å². The average molecular weight is 687 g/mol. The maximum Gasteiger partial charge on any atom is 0.193 e. The van der Waals surface area contributed by atoms with Crippen molar-refractivity contribution in [2.75, 3.05) is 0 Å². The highest BCUT2D eigenvalue weighted by Gasteiger charge is 2.19. The van der Waals surface area contributed by atoms with Gasteiger partial charge in [-0.25, -0.2) is 0 Å². The summed E-state index contributed by atoms with van der Waals surface area (Å²) in [6, 6.07) is 72.4. The monoisotopic (exact) mass is 686 g/mol. The quantitative estimate of drug-likeness (QED) is 0.159. The summed E-state index contributed by atoms with van der Waals surface area (Å²) in [6.07, 6.45) is 0. The van der Waals surface area contributed by atoms with Crippen molar-refractivity contribution in [1.82, 2.24) is 0 Å². The number of benzene rings is 10. The third kappa shape index (κ3) is 5.55. The van der Waals surface area contributed by atoms with Crippen molar-refractivity contribution in [3.8, 4) is 44.5 Å². The molecule has 0 aliphatic heterocycles. The van der Waals surface area contributed by atoms with Crippen LogP contribution in [0.15, 0.2) is 206 Å². The van der Waals surface area contributed by atoms with Gasteiger partial charge in [-0.1, -0.05) is 170 Å². The van der Waals surface area contributed by atoms with E-state index in [1.165, 1.54) is 21.5 Å². The molecular formula is C53H34O. The summed E-state index contributed by atoms with van der Waals surface area (Å²) >= 11 is 0. The molecule has 0 saturated heterocycles. The molecule has 252 valence electrons. The number of hydrogen-bond donors (Lipinski definition) is 0. The maximum absolute atomic E-state index is 15.2. The molecule has 10 rings (SSSR count). The molecule has 0 aliphatic rings. The summed E-state index contributed by atoms with van der Waals surface area (Å²) in [5, 5.41) is 9.30. The van der Waals surface area contributed by atoms with Gasteiger partial charge in [0.1, 0.15) is 0 Å².